The Labute approximate surface area is 147 Å². The molecule has 2 rings (SSSR count). The fourth-order valence-corrected chi connectivity index (χ4v) is 2.74. The van der Waals surface area contributed by atoms with E-state index >= 15 is 0 Å². The van der Waals surface area contributed by atoms with Crippen LogP contribution >= 0.6 is 0 Å². The largest absolute Gasteiger partial charge is 0.406 e. The van der Waals surface area contributed by atoms with Crippen LogP contribution in [-0.2, 0) is 13.1 Å². The minimum absolute atomic E-state index is 0.0946. The fraction of sp³-hybridized carbons (Fsp3) is 0.412. The molecule has 0 fully saturated rings. The maximum atomic E-state index is 12.7. The van der Waals surface area contributed by atoms with E-state index < -0.39 is 30.6 Å². The van der Waals surface area contributed by atoms with Crippen LogP contribution in [0, 0.1) is 39.0 Å². The van der Waals surface area contributed by atoms with E-state index in [4.69, 9.17) is 5.26 Å². The molecule has 0 spiro atoms. The van der Waals surface area contributed by atoms with E-state index in [1.165, 1.54) is 19.9 Å². The Kier molecular flexibility index (Phi) is 5.07. The van der Waals surface area contributed by atoms with Crippen LogP contribution in [0.25, 0.3) is 0 Å². The summed E-state index contributed by atoms with van der Waals surface area (Å²) in [4.78, 5) is 24.8. The Morgan fingerprint density at radius 1 is 1.27 bits per heavy atom. The molecule has 0 atom stereocenters. The van der Waals surface area contributed by atoms with Gasteiger partial charge in [-0.1, -0.05) is 0 Å². The number of hydrogen-bond donors (Lipinski definition) is 0. The predicted molar refractivity (Wildman–Crippen MR) is 87.0 cm³/mol. The minimum atomic E-state index is -4.41. The third-order valence-corrected chi connectivity index (χ3v) is 4.25. The molecule has 9 heteroatoms. The summed E-state index contributed by atoms with van der Waals surface area (Å²) >= 11 is 0. The van der Waals surface area contributed by atoms with Crippen molar-refractivity contribution in [2.24, 2.45) is 0 Å². The molecule has 0 bridgehead atoms. The SMILES string of the molecule is Cc1nn(CC(=O)c2cc(C)n(CC(F)(F)F)c2C)c(=O)c(C#N)c1C. The van der Waals surface area contributed by atoms with Gasteiger partial charge in [0.15, 0.2) is 5.78 Å². The van der Waals surface area contributed by atoms with Crippen molar-refractivity contribution >= 4 is 5.78 Å². The summed E-state index contributed by atoms with van der Waals surface area (Å²) in [6, 6.07) is 3.16. The number of aromatic nitrogens is 3. The lowest BCUT2D eigenvalue weighted by Gasteiger charge is -2.12. The zero-order chi connectivity index (χ0) is 19.8. The molecule has 6 nitrogen and oxygen atoms in total. The van der Waals surface area contributed by atoms with Crippen molar-refractivity contribution in [1.82, 2.24) is 14.3 Å². The topological polar surface area (TPSA) is 80.7 Å². The number of aryl methyl sites for hydroxylation is 2. The molecule has 0 saturated heterocycles. The molecule has 2 aromatic heterocycles. The molecule has 0 N–H and O–H groups in total. The Balaban J connectivity index is 2.42. The van der Waals surface area contributed by atoms with Crippen LogP contribution in [0.4, 0.5) is 13.2 Å². The number of alkyl halides is 3. The number of rotatable bonds is 4. The van der Waals surface area contributed by atoms with Crippen LogP contribution in [-0.4, -0.2) is 26.3 Å². The molecular formula is C17H17F3N4O2. The van der Waals surface area contributed by atoms with Gasteiger partial charge in [0, 0.05) is 17.0 Å². The summed E-state index contributed by atoms with van der Waals surface area (Å²) in [6.07, 6.45) is -4.41. The van der Waals surface area contributed by atoms with Crippen molar-refractivity contribution in [3.63, 3.8) is 0 Å². The van der Waals surface area contributed by atoms with Gasteiger partial charge in [0.05, 0.1) is 5.69 Å². The van der Waals surface area contributed by atoms with E-state index in [0.29, 0.717) is 17.0 Å². The first-order chi connectivity index (χ1) is 12.0. The van der Waals surface area contributed by atoms with E-state index in [1.54, 1.807) is 19.9 Å². The molecule has 0 amide bonds. The van der Waals surface area contributed by atoms with Crippen molar-refractivity contribution < 1.29 is 18.0 Å². The van der Waals surface area contributed by atoms with Gasteiger partial charge in [-0.2, -0.15) is 23.5 Å². The molecule has 2 heterocycles. The van der Waals surface area contributed by atoms with E-state index in [2.05, 4.69) is 5.10 Å². The Morgan fingerprint density at radius 3 is 2.42 bits per heavy atom. The molecule has 0 aliphatic rings. The molecule has 0 aromatic carbocycles. The molecule has 0 saturated carbocycles. The number of nitriles is 1. The van der Waals surface area contributed by atoms with Gasteiger partial charge in [-0.05, 0) is 39.3 Å². The number of carbonyl (C=O) groups is 1. The first kappa shape index (κ1) is 19.4. The summed E-state index contributed by atoms with van der Waals surface area (Å²) in [7, 11) is 0. The second-order valence-corrected chi connectivity index (χ2v) is 6.07. The number of halogens is 3. The molecule has 0 unspecified atom stereocenters. The highest BCUT2D eigenvalue weighted by atomic mass is 19.4. The number of Topliss-reactive ketones (excluding diaryl/α,β-unsaturated/α-hetero) is 1. The van der Waals surface area contributed by atoms with Gasteiger partial charge in [-0.15, -0.1) is 0 Å². The normalized spacial score (nSPS) is 11.5. The van der Waals surface area contributed by atoms with Gasteiger partial charge in [0.2, 0.25) is 0 Å². The first-order valence-corrected chi connectivity index (χ1v) is 7.71. The second-order valence-electron chi connectivity index (χ2n) is 6.07. The molecule has 0 radical (unpaired) electrons. The Morgan fingerprint density at radius 2 is 1.88 bits per heavy atom. The maximum Gasteiger partial charge on any atom is 0.406 e. The molecular weight excluding hydrogens is 349 g/mol. The molecule has 26 heavy (non-hydrogen) atoms. The highest BCUT2D eigenvalue weighted by Crippen LogP contribution is 2.23. The zero-order valence-corrected chi connectivity index (χ0v) is 14.7. The highest BCUT2D eigenvalue weighted by molar-refractivity contribution is 5.97. The van der Waals surface area contributed by atoms with Gasteiger partial charge in [-0.25, -0.2) is 4.68 Å². The molecule has 138 valence electrons. The van der Waals surface area contributed by atoms with Crippen molar-refractivity contribution in [2.45, 2.75) is 47.0 Å². The van der Waals surface area contributed by atoms with Gasteiger partial charge >= 0.3 is 6.18 Å². The number of hydrogen-bond acceptors (Lipinski definition) is 4. The molecule has 0 aliphatic heterocycles. The first-order valence-electron chi connectivity index (χ1n) is 7.71. The maximum absolute atomic E-state index is 12.7. The van der Waals surface area contributed by atoms with Crippen molar-refractivity contribution in [1.29, 1.82) is 5.26 Å². The van der Waals surface area contributed by atoms with E-state index in [-0.39, 0.29) is 16.8 Å². The monoisotopic (exact) mass is 366 g/mol. The van der Waals surface area contributed by atoms with Crippen LogP contribution < -0.4 is 5.56 Å². The lowest BCUT2D eigenvalue weighted by atomic mass is 10.1. The third-order valence-electron chi connectivity index (χ3n) is 4.25. The summed E-state index contributed by atoms with van der Waals surface area (Å²) in [6.45, 7) is 4.43. The summed E-state index contributed by atoms with van der Waals surface area (Å²) < 4.78 is 39.9. The van der Waals surface area contributed by atoms with Crippen LogP contribution in [0.5, 0.6) is 0 Å². The molecule has 0 aliphatic carbocycles. The van der Waals surface area contributed by atoms with Crippen LogP contribution in [0.15, 0.2) is 10.9 Å². The summed E-state index contributed by atoms with van der Waals surface area (Å²) in [5.41, 5.74) is 0.614. The average Bonchev–Trinajstić information content (AvgIpc) is 2.80. The standard InChI is InChI=1S/C17H17F3N4O2/c1-9-5-13(12(4)23(9)8-17(18,19)20)15(25)7-24-16(26)14(6-21)10(2)11(3)22-24/h5H,7-8H2,1-4H3. The van der Waals surface area contributed by atoms with Crippen LogP contribution in [0.1, 0.15) is 38.6 Å². The van der Waals surface area contributed by atoms with Crippen LogP contribution in [0.3, 0.4) is 0 Å². The number of ketones is 1. The van der Waals surface area contributed by atoms with Crippen molar-refractivity contribution in [3.05, 3.63) is 50.2 Å². The smallest absolute Gasteiger partial charge is 0.339 e. The molecule has 2 aromatic rings. The van der Waals surface area contributed by atoms with E-state index in [0.717, 1.165) is 9.25 Å². The van der Waals surface area contributed by atoms with Gasteiger partial charge in [0.25, 0.3) is 5.56 Å². The minimum Gasteiger partial charge on any atom is -0.339 e. The average molecular weight is 366 g/mol. The van der Waals surface area contributed by atoms with Crippen LogP contribution in [0.2, 0.25) is 0 Å². The van der Waals surface area contributed by atoms with Gasteiger partial charge in [0.1, 0.15) is 24.7 Å². The van der Waals surface area contributed by atoms with Gasteiger partial charge < -0.3 is 4.57 Å². The lowest BCUT2D eigenvalue weighted by molar-refractivity contribution is -0.141. The number of nitrogens with zero attached hydrogens (tertiary/aromatic N) is 4. The second kappa shape index (κ2) is 6.78. The zero-order valence-electron chi connectivity index (χ0n) is 14.7. The van der Waals surface area contributed by atoms with Crippen molar-refractivity contribution in [3.8, 4) is 6.07 Å². The predicted octanol–water partition coefficient (Wildman–Crippen LogP) is 2.60. The fourth-order valence-electron chi connectivity index (χ4n) is 2.74. The van der Waals surface area contributed by atoms with E-state index in [1.807, 2.05) is 0 Å². The third kappa shape index (κ3) is 3.69. The number of carbonyl (C=O) groups excluding carboxylic acids is 1. The summed E-state index contributed by atoms with van der Waals surface area (Å²) in [5, 5.41) is 13.1. The van der Waals surface area contributed by atoms with Gasteiger partial charge in [-0.3, -0.25) is 9.59 Å². The van der Waals surface area contributed by atoms with E-state index in [9.17, 15) is 22.8 Å². The lowest BCUT2D eigenvalue weighted by Crippen LogP contribution is -2.30. The quantitative estimate of drug-likeness (QED) is 0.779. The summed E-state index contributed by atoms with van der Waals surface area (Å²) in [5.74, 6) is -0.548. The Bertz CT molecular complexity index is 978. The van der Waals surface area contributed by atoms with Crippen molar-refractivity contribution in [2.75, 3.05) is 0 Å². The highest BCUT2D eigenvalue weighted by Gasteiger charge is 2.30. The Hall–Kier alpha value is -2.89.